The second kappa shape index (κ2) is 4.79. The second-order valence-corrected chi connectivity index (χ2v) is 3.47. The predicted molar refractivity (Wildman–Crippen MR) is 57.1 cm³/mol. The van der Waals surface area contributed by atoms with Crippen LogP contribution in [0.25, 0.3) is 0 Å². The van der Waals surface area contributed by atoms with Crippen LogP contribution in [0, 0.1) is 0 Å². The number of carboxylic acid groups (broad SMARTS) is 1. The Hall–Kier alpha value is -1.56. The zero-order valence-corrected chi connectivity index (χ0v) is 9.37. The first-order chi connectivity index (χ1) is 7.04. The Morgan fingerprint density at radius 2 is 2.13 bits per heavy atom. The van der Waals surface area contributed by atoms with Crippen LogP contribution in [0.5, 0.6) is 0 Å². The predicted octanol–water partition coefficient (Wildman–Crippen LogP) is 2.33. The van der Waals surface area contributed by atoms with Crippen LogP contribution >= 0.6 is 15.9 Å². The fraction of sp³-hybridized carbons (Fsp3) is 0.111. The molecule has 0 aromatic heterocycles. The number of halogens is 1. The van der Waals surface area contributed by atoms with Gasteiger partial charge in [-0.05, 0) is 34.1 Å². The Morgan fingerprint density at radius 1 is 1.47 bits per heavy atom. The molecule has 0 heterocycles. The maximum atomic E-state index is 10.9. The number of aromatic carboxylic acids is 1. The molecule has 6 heteroatoms. The number of carboxylic acids is 1. The first-order valence-corrected chi connectivity index (χ1v) is 4.71. The summed E-state index contributed by atoms with van der Waals surface area (Å²) in [6, 6.07) is 4.30. The van der Waals surface area contributed by atoms with E-state index >= 15 is 0 Å². The molecule has 0 radical (unpaired) electrons. The van der Waals surface area contributed by atoms with Crippen LogP contribution in [-0.4, -0.2) is 24.3 Å². The molecule has 80 valence electrons. The number of hydrogen-bond donors (Lipinski definition) is 2. The highest BCUT2D eigenvalue weighted by atomic mass is 79.9. The summed E-state index contributed by atoms with van der Waals surface area (Å²) in [6.07, 6.45) is -0.654. The van der Waals surface area contributed by atoms with Crippen molar-refractivity contribution in [3.8, 4) is 0 Å². The van der Waals surface area contributed by atoms with Crippen molar-refractivity contribution < 1.29 is 19.4 Å². The minimum absolute atomic E-state index is 0.0876. The molecule has 5 nitrogen and oxygen atoms in total. The lowest BCUT2D eigenvalue weighted by Crippen LogP contribution is -2.12. The Morgan fingerprint density at radius 3 is 2.67 bits per heavy atom. The molecule has 0 atom stereocenters. The van der Waals surface area contributed by atoms with Gasteiger partial charge in [-0.25, -0.2) is 9.59 Å². The van der Waals surface area contributed by atoms with Gasteiger partial charge < -0.3 is 9.84 Å². The lowest BCUT2D eigenvalue weighted by molar-refractivity contribution is 0.0697. The van der Waals surface area contributed by atoms with Gasteiger partial charge >= 0.3 is 12.1 Å². The van der Waals surface area contributed by atoms with E-state index in [4.69, 9.17) is 5.11 Å². The number of benzene rings is 1. The van der Waals surface area contributed by atoms with Crippen LogP contribution < -0.4 is 5.32 Å². The number of ether oxygens (including phenoxy) is 1. The van der Waals surface area contributed by atoms with Gasteiger partial charge in [0.2, 0.25) is 0 Å². The number of anilines is 1. The summed E-state index contributed by atoms with van der Waals surface area (Å²) >= 11 is 3.17. The maximum Gasteiger partial charge on any atom is 0.411 e. The number of nitrogens with one attached hydrogen (secondary N) is 1. The van der Waals surface area contributed by atoms with E-state index in [2.05, 4.69) is 26.0 Å². The molecule has 0 saturated carbocycles. The summed E-state index contributed by atoms with van der Waals surface area (Å²) in [5, 5.41) is 11.1. The van der Waals surface area contributed by atoms with E-state index in [1.807, 2.05) is 0 Å². The van der Waals surface area contributed by atoms with Crippen molar-refractivity contribution >= 4 is 33.7 Å². The standard InChI is InChI=1S/C9H8BrNO4/c1-15-9(14)11-7-4-5(8(12)13)2-3-6(7)10/h2-4H,1H3,(H,11,14)(H,12,13). The summed E-state index contributed by atoms with van der Waals surface area (Å²) in [5.74, 6) is -1.06. The molecule has 1 aromatic carbocycles. The van der Waals surface area contributed by atoms with E-state index < -0.39 is 12.1 Å². The van der Waals surface area contributed by atoms with E-state index in [-0.39, 0.29) is 5.56 Å². The van der Waals surface area contributed by atoms with Gasteiger partial charge in [-0.1, -0.05) is 0 Å². The zero-order chi connectivity index (χ0) is 11.4. The highest BCUT2D eigenvalue weighted by molar-refractivity contribution is 9.10. The third-order valence-corrected chi connectivity index (χ3v) is 2.33. The Labute approximate surface area is 94.2 Å². The van der Waals surface area contributed by atoms with Gasteiger partial charge in [0, 0.05) is 4.47 Å². The summed E-state index contributed by atoms with van der Waals surface area (Å²) in [7, 11) is 1.23. The van der Waals surface area contributed by atoms with Crippen molar-refractivity contribution in [2.45, 2.75) is 0 Å². The van der Waals surface area contributed by atoms with Gasteiger partial charge in [-0.2, -0.15) is 0 Å². The average Bonchev–Trinajstić information content (AvgIpc) is 2.20. The topological polar surface area (TPSA) is 75.6 Å². The number of rotatable bonds is 2. The van der Waals surface area contributed by atoms with E-state index in [0.29, 0.717) is 10.2 Å². The van der Waals surface area contributed by atoms with Crippen molar-refractivity contribution in [2.24, 2.45) is 0 Å². The molecule has 0 aliphatic rings. The summed E-state index contributed by atoms with van der Waals surface area (Å²) in [6.45, 7) is 0. The zero-order valence-electron chi connectivity index (χ0n) is 7.78. The maximum absolute atomic E-state index is 10.9. The fourth-order valence-corrected chi connectivity index (χ4v) is 1.26. The van der Waals surface area contributed by atoms with Gasteiger partial charge in [0.15, 0.2) is 0 Å². The Bertz CT molecular complexity index is 405. The number of carbonyl (C=O) groups is 2. The van der Waals surface area contributed by atoms with E-state index in [1.54, 1.807) is 0 Å². The molecule has 0 unspecified atom stereocenters. The first-order valence-electron chi connectivity index (χ1n) is 3.92. The van der Waals surface area contributed by atoms with Crippen LogP contribution in [0.1, 0.15) is 10.4 Å². The van der Waals surface area contributed by atoms with E-state index in [0.717, 1.165) is 0 Å². The largest absolute Gasteiger partial charge is 0.478 e. The average molecular weight is 274 g/mol. The van der Waals surface area contributed by atoms with Crippen molar-refractivity contribution in [1.82, 2.24) is 0 Å². The van der Waals surface area contributed by atoms with Crippen molar-refractivity contribution in [1.29, 1.82) is 0 Å². The molecule has 1 rings (SSSR count). The van der Waals surface area contributed by atoms with Gasteiger partial charge in [-0.15, -0.1) is 0 Å². The van der Waals surface area contributed by atoms with Gasteiger partial charge in [0.25, 0.3) is 0 Å². The Kier molecular flexibility index (Phi) is 3.68. The van der Waals surface area contributed by atoms with E-state index in [9.17, 15) is 9.59 Å². The van der Waals surface area contributed by atoms with Crippen LogP contribution in [0.15, 0.2) is 22.7 Å². The molecule has 0 fully saturated rings. The molecule has 15 heavy (non-hydrogen) atoms. The highest BCUT2D eigenvalue weighted by Gasteiger charge is 2.09. The molecule has 1 aromatic rings. The smallest absolute Gasteiger partial charge is 0.411 e. The highest BCUT2D eigenvalue weighted by Crippen LogP contribution is 2.23. The SMILES string of the molecule is COC(=O)Nc1cc(C(=O)O)ccc1Br. The van der Waals surface area contributed by atoms with Crippen molar-refractivity contribution in [3.05, 3.63) is 28.2 Å². The molecule has 0 bridgehead atoms. The summed E-state index contributed by atoms with van der Waals surface area (Å²) in [5.41, 5.74) is 0.436. The summed E-state index contributed by atoms with van der Waals surface area (Å²) < 4.78 is 4.97. The van der Waals surface area contributed by atoms with Crippen LogP contribution in [-0.2, 0) is 4.74 Å². The number of hydrogen-bond acceptors (Lipinski definition) is 3. The third-order valence-electron chi connectivity index (χ3n) is 1.64. The lowest BCUT2D eigenvalue weighted by atomic mass is 10.2. The van der Waals surface area contributed by atoms with Gasteiger partial charge in [0.1, 0.15) is 0 Å². The number of carbonyl (C=O) groups excluding carboxylic acids is 1. The molecular formula is C9H8BrNO4. The van der Waals surface area contributed by atoms with Crippen LogP contribution in [0.2, 0.25) is 0 Å². The molecule has 0 aliphatic carbocycles. The number of amides is 1. The number of methoxy groups -OCH3 is 1. The monoisotopic (exact) mass is 273 g/mol. The molecule has 0 aliphatic heterocycles. The van der Waals surface area contributed by atoms with E-state index in [1.165, 1.54) is 25.3 Å². The molecular weight excluding hydrogens is 266 g/mol. The second-order valence-electron chi connectivity index (χ2n) is 2.62. The first kappa shape index (κ1) is 11.5. The molecule has 0 saturated heterocycles. The quantitative estimate of drug-likeness (QED) is 0.867. The van der Waals surface area contributed by atoms with Crippen LogP contribution in [0.3, 0.4) is 0 Å². The third kappa shape index (κ3) is 2.95. The van der Waals surface area contributed by atoms with Crippen molar-refractivity contribution in [2.75, 3.05) is 12.4 Å². The van der Waals surface area contributed by atoms with Crippen molar-refractivity contribution in [3.63, 3.8) is 0 Å². The molecule has 0 spiro atoms. The van der Waals surface area contributed by atoms with Gasteiger partial charge in [-0.3, -0.25) is 5.32 Å². The molecule has 2 N–H and O–H groups in total. The minimum atomic E-state index is -1.06. The van der Waals surface area contributed by atoms with Crippen LogP contribution in [0.4, 0.5) is 10.5 Å². The fourth-order valence-electron chi connectivity index (χ4n) is 0.915. The molecule has 1 amide bonds. The normalized spacial score (nSPS) is 9.47. The van der Waals surface area contributed by atoms with Gasteiger partial charge in [0.05, 0.1) is 18.4 Å². The summed E-state index contributed by atoms with van der Waals surface area (Å²) in [4.78, 5) is 21.6. The minimum Gasteiger partial charge on any atom is -0.478 e. The lowest BCUT2D eigenvalue weighted by Gasteiger charge is -2.06. The Balaban J connectivity index is 3.00.